The van der Waals surface area contributed by atoms with Gasteiger partial charge < -0.3 is 9.80 Å². The first-order valence-electron chi connectivity index (χ1n) is 7.96. The fourth-order valence-corrected chi connectivity index (χ4v) is 3.73. The van der Waals surface area contributed by atoms with Crippen LogP contribution in [-0.4, -0.2) is 31.6 Å². The lowest BCUT2D eigenvalue weighted by Gasteiger charge is -2.30. The second-order valence-corrected chi connectivity index (χ2v) is 7.37. The summed E-state index contributed by atoms with van der Waals surface area (Å²) in [5, 5.41) is 1.57. The first-order chi connectivity index (χ1) is 11.0. The topological polar surface area (TPSA) is 6.48 Å². The largest absolute Gasteiger partial charge is 0.337 e. The summed E-state index contributed by atoms with van der Waals surface area (Å²) in [5.41, 5.74) is 3.77. The quantitative estimate of drug-likeness (QED) is 0.712. The minimum atomic E-state index is 0.423. The molecule has 0 N–H and O–H groups in total. The first kappa shape index (κ1) is 16.6. The molecule has 23 heavy (non-hydrogen) atoms. The number of hydrogen-bond donors (Lipinski definition) is 0. The van der Waals surface area contributed by atoms with E-state index in [1.807, 2.05) is 18.2 Å². The van der Waals surface area contributed by atoms with Crippen molar-refractivity contribution >= 4 is 34.6 Å². The number of nitrogens with zero attached hydrogens (tertiary/aromatic N) is 2. The molecule has 1 aliphatic rings. The summed E-state index contributed by atoms with van der Waals surface area (Å²) in [5.74, 6) is 0.444. The van der Waals surface area contributed by atoms with Gasteiger partial charge in [0.25, 0.3) is 0 Å². The van der Waals surface area contributed by atoms with Crippen LogP contribution in [0.25, 0.3) is 0 Å². The maximum atomic E-state index is 6.23. The second kappa shape index (κ2) is 6.72. The smallest absolute Gasteiger partial charge is 0.0450 e. The van der Waals surface area contributed by atoms with Crippen molar-refractivity contribution < 1.29 is 0 Å². The molecule has 0 fully saturated rings. The average molecular weight is 349 g/mol. The van der Waals surface area contributed by atoms with Crippen molar-refractivity contribution in [3.8, 4) is 0 Å². The molecule has 0 radical (unpaired) electrons. The van der Waals surface area contributed by atoms with Gasteiger partial charge in [0, 0.05) is 33.4 Å². The van der Waals surface area contributed by atoms with Crippen LogP contribution in [0.1, 0.15) is 24.8 Å². The van der Waals surface area contributed by atoms with Crippen LogP contribution in [-0.2, 0) is 0 Å². The van der Waals surface area contributed by atoms with Gasteiger partial charge in [-0.15, -0.1) is 0 Å². The summed E-state index contributed by atoms with van der Waals surface area (Å²) in [7, 11) is 4.24. The Kier molecular flexibility index (Phi) is 4.86. The molecule has 0 aromatic heterocycles. The highest BCUT2D eigenvalue weighted by Gasteiger charge is 2.36. The third-order valence-electron chi connectivity index (χ3n) is 4.63. The van der Waals surface area contributed by atoms with Crippen LogP contribution in [0, 0.1) is 0 Å². The van der Waals surface area contributed by atoms with Crippen molar-refractivity contribution in [3.63, 3.8) is 0 Å². The molecule has 0 saturated heterocycles. The van der Waals surface area contributed by atoms with Crippen molar-refractivity contribution in [2.75, 3.05) is 25.5 Å². The molecular weight excluding hydrogens is 327 g/mol. The Morgan fingerprint density at radius 3 is 2.30 bits per heavy atom. The fourth-order valence-electron chi connectivity index (χ4n) is 3.42. The van der Waals surface area contributed by atoms with Crippen LogP contribution >= 0.6 is 23.2 Å². The van der Waals surface area contributed by atoms with Gasteiger partial charge in [-0.25, -0.2) is 0 Å². The summed E-state index contributed by atoms with van der Waals surface area (Å²) in [6, 6.07) is 14.8. The minimum Gasteiger partial charge on any atom is -0.337 e. The van der Waals surface area contributed by atoms with E-state index in [1.54, 1.807) is 0 Å². The molecule has 3 rings (SSSR count). The van der Waals surface area contributed by atoms with Crippen LogP contribution in [0.2, 0.25) is 10.0 Å². The molecule has 2 atom stereocenters. The van der Waals surface area contributed by atoms with Gasteiger partial charge >= 0.3 is 0 Å². The summed E-state index contributed by atoms with van der Waals surface area (Å²) in [6.07, 6.45) is 1.10. The highest BCUT2D eigenvalue weighted by atomic mass is 35.5. The lowest BCUT2D eigenvalue weighted by Crippen LogP contribution is -2.32. The van der Waals surface area contributed by atoms with Crippen molar-refractivity contribution in [1.29, 1.82) is 0 Å². The molecule has 2 aromatic rings. The molecule has 2 aromatic carbocycles. The van der Waals surface area contributed by atoms with Crippen molar-refractivity contribution in [2.45, 2.75) is 25.3 Å². The molecule has 122 valence electrons. The molecule has 0 bridgehead atoms. The van der Waals surface area contributed by atoms with Crippen molar-refractivity contribution in [1.82, 2.24) is 4.90 Å². The van der Waals surface area contributed by atoms with Gasteiger partial charge in [0.15, 0.2) is 0 Å². The van der Waals surface area contributed by atoms with E-state index in [1.165, 1.54) is 16.9 Å². The van der Waals surface area contributed by atoms with E-state index in [4.69, 9.17) is 23.2 Å². The lowest BCUT2D eigenvalue weighted by atomic mass is 9.95. The number of fused-ring (bicyclic) bond motifs is 1. The van der Waals surface area contributed by atoms with Crippen molar-refractivity contribution in [2.24, 2.45) is 0 Å². The van der Waals surface area contributed by atoms with E-state index >= 15 is 0 Å². The predicted molar refractivity (Wildman–Crippen MR) is 100 cm³/mol. The van der Waals surface area contributed by atoms with Crippen LogP contribution in [0.4, 0.5) is 11.4 Å². The Morgan fingerprint density at radius 2 is 1.65 bits per heavy atom. The van der Waals surface area contributed by atoms with Gasteiger partial charge in [-0.2, -0.15) is 0 Å². The zero-order chi connectivity index (χ0) is 16.6. The summed E-state index contributed by atoms with van der Waals surface area (Å²) in [6.45, 7) is 3.35. The minimum absolute atomic E-state index is 0.423. The number of benzene rings is 2. The highest BCUT2D eigenvalue weighted by Crippen LogP contribution is 2.47. The second-order valence-electron chi connectivity index (χ2n) is 6.50. The third-order valence-corrected chi connectivity index (χ3v) is 5.11. The van der Waals surface area contributed by atoms with Gasteiger partial charge in [-0.1, -0.05) is 30.1 Å². The maximum Gasteiger partial charge on any atom is 0.0450 e. The normalized spacial score (nSPS) is 20.2. The average Bonchev–Trinajstić information content (AvgIpc) is 2.78. The summed E-state index contributed by atoms with van der Waals surface area (Å²) >= 11 is 12.3. The van der Waals surface area contributed by atoms with Crippen LogP contribution in [0.15, 0.2) is 42.5 Å². The zero-order valence-electron chi connectivity index (χ0n) is 13.8. The lowest BCUT2D eigenvalue weighted by molar-refractivity contribution is 0.372. The third kappa shape index (κ3) is 3.35. The molecule has 0 aliphatic carbocycles. The molecule has 1 aliphatic heterocycles. The zero-order valence-corrected chi connectivity index (χ0v) is 15.3. The van der Waals surface area contributed by atoms with E-state index in [9.17, 15) is 0 Å². The van der Waals surface area contributed by atoms with E-state index in [0.29, 0.717) is 12.0 Å². The van der Waals surface area contributed by atoms with E-state index in [0.717, 1.165) is 23.0 Å². The monoisotopic (exact) mass is 348 g/mol. The predicted octanol–water partition coefficient (Wildman–Crippen LogP) is 5.57. The Hall–Kier alpha value is -1.22. The molecule has 2 unspecified atom stereocenters. The van der Waals surface area contributed by atoms with Crippen LogP contribution in [0.5, 0.6) is 0 Å². The Bertz CT molecular complexity index is 682. The highest BCUT2D eigenvalue weighted by molar-refractivity contribution is 6.31. The standard InChI is InChI=1S/C19H22Cl2N2/c1-13-17-12-15(21)6-9-19(17)23(18(13)10-11-22(2)3)16-7-4-14(20)5-8-16/h4-9,12-13,18H,10-11H2,1-3H3. The molecule has 2 nitrogen and oxygen atoms in total. The number of halogens is 2. The Balaban J connectivity index is 2.02. The Morgan fingerprint density at radius 1 is 1.00 bits per heavy atom. The fraction of sp³-hybridized carbons (Fsp3) is 0.368. The van der Waals surface area contributed by atoms with Crippen LogP contribution < -0.4 is 4.90 Å². The first-order valence-corrected chi connectivity index (χ1v) is 8.72. The van der Waals surface area contributed by atoms with E-state index in [-0.39, 0.29) is 0 Å². The van der Waals surface area contributed by atoms with Crippen LogP contribution in [0.3, 0.4) is 0 Å². The molecular formula is C19H22Cl2N2. The van der Waals surface area contributed by atoms with Gasteiger partial charge in [0.1, 0.15) is 0 Å². The maximum absolute atomic E-state index is 6.23. The van der Waals surface area contributed by atoms with E-state index in [2.05, 4.69) is 55.1 Å². The molecule has 0 amide bonds. The summed E-state index contributed by atoms with van der Waals surface area (Å²) in [4.78, 5) is 4.68. The Labute approximate surface area is 148 Å². The van der Waals surface area contributed by atoms with E-state index < -0.39 is 0 Å². The number of hydrogen-bond acceptors (Lipinski definition) is 2. The SMILES string of the molecule is CC1c2cc(Cl)ccc2N(c2ccc(Cl)cc2)C1CCN(C)C. The number of anilines is 2. The molecule has 4 heteroatoms. The van der Waals surface area contributed by atoms with Gasteiger partial charge in [0.2, 0.25) is 0 Å². The molecule has 0 spiro atoms. The van der Waals surface area contributed by atoms with Crippen molar-refractivity contribution in [3.05, 3.63) is 58.1 Å². The molecule has 1 heterocycles. The van der Waals surface area contributed by atoms with Gasteiger partial charge in [0.05, 0.1) is 0 Å². The number of rotatable bonds is 4. The summed E-state index contributed by atoms with van der Waals surface area (Å²) < 4.78 is 0. The molecule has 0 saturated carbocycles. The van der Waals surface area contributed by atoms with Gasteiger partial charge in [-0.05, 0) is 75.1 Å². The van der Waals surface area contributed by atoms with Gasteiger partial charge in [-0.3, -0.25) is 0 Å².